The number of benzene rings is 2. The number of rotatable bonds is 6. The zero-order chi connectivity index (χ0) is 16.9. The Morgan fingerprint density at radius 2 is 2.00 bits per heavy atom. The molecule has 5 heteroatoms. The number of nitrogens with zero attached hydrogens (tertiary/aromatic N) is 1. The number of anilines is 1. The van der Waals surface area contributed by atoms with E-state index in [1.165, 1.54) is 0 Å². The van der Waals surface area contributed by atoms with Gasteiger partial charge in [0.15, 0.2) is 5.58 Å². The van der Waals surface area contributed by atoms with Crippen molar-refractivity contribution in [2.45, 2.75) is 26.7 Å². The Balaban J connectivity index is 1.65. The maximum absolute atomic E-state index is 12.2. The van der Waals surface area contributed by atoms with E-state index in [9.17, 15) is 4.79 Å². The van der Waals surface area contributed by atoms with Gasteiger partial charge in [-0.2, -0.15) is 0 Å². The molecule has 0 unspecified atom stereocenters. The van der Waals surface area contributed by atoms with E-state index in [0.717, 1.165) is 28.8 Å². The van der Waals surface area contributed by atoms with Crippen molar-refractivity contribution in [1.82, 2.24) is 5.16 Å². The Bertz CT molecular complexity index is 837. The summed E-state index contributed by atoms with van der Waals surface area (Å²) in [5, 5.41) is 7.76. The van der Waals surface area contributed by atoms with Crippen LogP contribution in [0, 0.1) is 6.92 Å². The van der Waals surface area contributed by atoms with Crippen LogP contribution in [0.15, 0.2) is 47.0 Å². The molecule has 0 radical (unpaired) electrons. The summed E-state index contributed by atoms with van der Waals surface area (Å²) in [6.45, 7) is 4.74. The van der Waals surface area contributed by atoms with Crippen LogP contribution in [0.2, 0.25) is 0 Å². The van der Waals surface area contributed by atoms with Crippen LogP contribution in [-0.2, 0) is 11.2 Å². The average Bonchev–Trinajstić information content (AvgIpc) is 2.96. The lowest BCUT2D eigenvalue weighted by atomic mass is 10.1. The van der Waals surface area contributed by atoms with Crippen LogP contribution < -0.4 is 10.1 Å². The highest BCUT2D eigenvalue weighted by atomic mass is 16.5. The summed E-state index contributed by atoms with van der Waals surface area (Å²) >= 11 is 0. The summed E-state index contributed by atoms with van der Waals surface area (Å²) in [6.07, 6.45) is 1.13. The van der Waals surface area contributed by atoms with Crippen LogP contribution in [0.4, 0.5) is 5.69 Å². The van der Waals surface area contributed by atoms with Gasteiger partial charge >= 0.3 is 0 Å². The van der Waals surface area contributed by atoms with E-state index >= 15 is 0 Å². The number of aryl methyl sites for hydroxylation is 1. The molecule has 1 aromatic heterocycles. The van der Waals surface area contributed by atoms with Crippen molar-refractivity contribution in [2.24, 2.45) is 0 Å². The number of amides is 1. The summed E-state index contributed by atoms with van der Waals surface area (Å²) < 4.78 is 10.8. The van der Waals surface area contributed by atoms with Crippen molar-refractivity contribution >= 4 is 22.6 Å². The van der Waals surface area contributed by atoms with Gasteiger partial charge in [-0.3, -0.25) is 4.79 Å². The predicted molar refractivity (Wildman–Crippen MR) is 93.3 cm³/mol. The molecule has 5 nitrogen and oxygen atoms in total. The van der Waals surface area contributed by atoms with Crippen LogP contribution in [-0.4, -0.2) is 17.7 Å². The van der Waals surface area contributed by atoms with Gasteiger partial charge in [0.05, 0.1) is 13.0 Å². The summed E-state index contributed by atoms with van der Waals surface area (Å²) in [5.41, 5.74) is 3.18. The average molecular weight is 324 g/mol. The number of hydrogen-bond acceptors (Lipinski definition) is 4. The molecular formula is C19H20N2O3. The molecule has 0 aliphatic heterocycles. The third-order valence-electron chi connectivity index (χ3n) is 3.64. The first kappa shape index (κ1) is 16.1. The molecule has 1 heterocycles. The Hall–Kier alpha value is -2.82. The van der Waals surface area contributed by atoms with Crippen molar-refractivity contribution in [3.8, 4) is 5.75 Å². The molecule has 0 saturated heterocycles. The van der Waals surface area contributed by atoms with E-state index in [2.05, 4.69) is 17.4 Å². The highest BCUT2D eigenvalue weighted by Gasteiger charge is 2.12. The fourth-order valence-corrected chi connectivity index (χ4v) is 2.44. The van der Waals surface area contributed by atoms with Crippen LogP contribution in [0.25, 0.3) is 11.0 Å². The SMILES string of the molecule is CCCOc1ccc(NC(=O)Cc2noc3ccc(C)cc23)cc1. The highest BCUT2D eigenvalue weighted by molar-refractivity contribution is 5.94. The van der Waals surface area contributed by atoms with E-state index in [4.69, 9.17) is 9.26 Å². The second-order valence-corrected chi connectivity index (χ2v) is 5.73. The predicted octanol–water partition coefficient (Wildman–Crippen LogP) is 4.11. The lowest BCUT2D eigenvalue weighted by Gasteiger charge is -2.07. The number of aromatic nitrogens is 1. The first-order valence-corrected chi connectivity index (χ1v) is 8.03. The molecule has 0 fully saturated rings. The monoisotopic (exact) mass is 324 g/mol. The number of hydrogen-bond donors (Lipinski definition) is 1. The van der Waals surface area contributed by atoms with Gasteiger partial charge in [0.2, 0.25) is 5.91 Å². The van der Waals surface area contributed by atoms with Crippen LogP contribution >= 0.6 is 0 Å². The molecule has 0 spiro atoms. The van der Waals surface area contributed by atoms with Crippen LogP contribution in [0.5, 0.6) is 5.75 Å². The van der Waals surface area contributed by atoms with Crippen LogP contribution in [0.1, 0.15) is 24.6 Å². The van der Waals surface area contributed by atoms with Gasteiger partial charge in [0, 0.05) is 11.1 Å². The normalized spacial score (nSPS) is 10.8. The van der Waals surface area contributed by atoms with Crippen molar-refractivity contribution in [3.63, 3.8) is 0 Å². The highest BCUT2D eigenvalue weighted by Crippen LogP contribution is 2.21. The zero-order valence-electron chi connectivity index (χ0n) is 13.8. The third-order valence-corrected chi connectivity index (χ3v) is 3.64. The molecular weight excluding hydrogens is 304 g/mol. The minimum Gasteiger partial charge on any atom is -0.494 e. The first-order chi connectivity index (χ1) is 11.7. The molecule has 2 aromatic carbocycles. The van der Waals surface area contributed by atoms with Gasteiger partial charge < -0.3 is 14.6 Å². The lowest BCUT2D eigenvalue weighted by molar-refractivity contribution is -0.115. The van der Waals surface area contributed by atoms with Crippen LogP contribution in [0.3, 0.4) is 0 Å². The summed E-state index contributed by atoms with van der Waals surface area (Å²) in [7, 11) is 0. The molecule has 0 aliphatic carbocycles. The van der Waals surface area contributed by atoms with Gasteiger partial charge in [-0.15, -0.1) is 0 Å². The first-order valence-electron chi connectivity index (χ1n) is 8.03. The van der Waals surface area contributed by atoms with Crippen molar-refractivity contribution in [1.29, 1.82) is 0 Å². The molecule has 0 atom stereocenters. The second-order valence-electron chi connectivity index (χ2n) is 5.73. The lowest BCUT2D eigenvalue weighted by Crippen LogP contribution is -2.14. The number of ether oxygens (including phenoxy) is 1. The molecule has 3 aromatic rings. The van der Waals surface area contributed by atoms with Crippen molar-refractivity contribution < 1.29 is 14.1 Å². The molecule has 3 rings (SSSR count). The molecule has 0 bridgehead atoms. The fourth-order valence-electron chi connectivity index (χ4n) is 2.44. The fraction of sp³-hybridized carbons (Fsp3) is 0.263. The molecule has 0 saturated carbocycles. The van der Waals surface area contributed by atoms with Gasteiger partial charge in [0.1, 0.15) is 11.4 Å². The molecule has 124 valence electrons. The molecule has 1 N–H and O–H groups in total. The number of carbonyl (C=O) groups is 1. The number of carbonyl (C=O) groups excluding carboxylic acids is 1. The Labute approximate surface area is 140 Å². The Kier molecular flexibility index (Phi) is 4.79. The van der Waals surface area contributed by atoms with E-state index in [-0.39, 0.29) is 12.3 Å². The van der Waals surface area contributed by atoms with Gasteiger partial charge in [-0.1, -0.05) is 23.7 Å². The Morgan fingerprint density at radius 1 is 1.21 bits per heavy atom. The van der Waals surface area contributed by atoms with Gasteiger partial charge in [-0.25, -0.2) is 0 Å². The maximum Gasteiger partial charge on any atom is 0.230 e. The van der Waals surface area contributed by atoms with Gasteiger partial charge in [0.25, 0.3) is 0 Å². The third kappa shape index (κ3) is 3.74. The van der Waals surface area contributed by atoms with Crippen molar-refractivity contribution in [2.75, 3.05) is 11.9 Å². The van der Waals surface area contributed by atoms with E-state index in [1.54, 1.807) is 0 Å². The standard InChI is InChI=1S/C19H20N2O3/c1-3-10-23-15-7-5-14(6-8-15)20-19(22)12-17-16-11-13(2)4-9-18(16)24-21-17/h4-9,11H,3,10,12H2,1-2H3,(H,20,22). The maximum atomic E-state index is 12.2. The number of fused-ring (bicyclic) bond motifs is 1. The minimum atomic E-state index is -0.131. The largest absolute Gasteiger partial charge is 0.494 e. The van der Waals surface area contributed by atoms with E-state index < -0.39 is 0 Å². The van der Waals surface area contributed by atoms with E-state index in [0.29, 0.717) is 17.9 Å². The smallest absolute Gasteiger partial charge is 0.230 e. The topological polar surface area (TPSA) is 64.4 Å². The molecule has 24 heavy (non-hydrogen) atoms. The number of nitrogens with one attached hydrogen (secondary N) is 1. The summed E-state index contributed by atoms with van der Waals surface area (Å²) in [5.74, 6) is 0.668. The van der Waals surface area contributed by atoms with Gasteiger partial charge in [-0.05, 0) is 49.7 Å². The van der Waals surface area contributed by atoms with E-state index in [1.807, 2.05) is 49.4 Å². The zero-order valence-corrected chi connectivity index (χ0v) is 13.8. The molecule has 1 amide bonds. The quantitative estimate of drug-likeness (QED) is 0.741. The summed E-state index contributed by atoms with van der Waals surface area (Å²) in [6, 6.07) is 13.2. The second kappa shape index (κ2) is 7.17. The molecule has 0 aliphatic rings. The Morgan fingerprint density at radius 3 is 2.75 bits per heavy atom. The summed E-state index contributed by atoms with van der Waals surface area (Å²) in [4.78, 5) is 12.2. The minimum absolute atomic E-state index is 0.131. The van der Waals surface area contributed by atoms with Crippen molar-refractivity contribution in [3.05, 3.63) is 53.7 Å².